The monoisotopic (exact) mass is 516 g/mol. The fourth-order valence-corrected chi connectivity index (χ4v) is 5.23. The Morgan fingerprint density at radius 2 is 0.800 bits per heavy atom. The van der Waals surface area contributed by atoms with Crippen molar-refractivity contribution < 1.29 is 42.5 Å². The van der Waals surface area contributed by atoms with Gasteiger partial charge in [0.1, 0.15) is 10.1 Å². The molecule has 0 spiro atoms. The molecule has 35 heavy (non-hydrogen) atoms. The van der Waals surface area contributed by atoms with Gasteiger partial charge in [0.15, 0.2) is 0 Å². The van der Waals surface area contributed by atoms with Crippen LogP contribution in [-0.4, -0.2) is 13.0 Å². The number of hydrogen-bond acceptors (Lipinski definition) is 3. The van der Waals surface area contributed by atoms with E-state index in [0.29, 0.717) is 0 Å². The van der Waals surface area contributed by atoms with Crippen LogP contribution in [-0.2, 0) is 16.5 Å². The van der Waals surface area contributed by atoms with Crippen molar-refractivity contribution in [3.63, 3.8) is 0 Å². The maximum Gasteiger partial charge on any atom is 1.00 e. The summed E-state index contributed by atoms with van der Waals surface area (Å²) in [5.74, 6) is 0. The van der Waals surface area contributed by atoms with Crippen LogP contribution in [0.5, 0.6) is 0 Å². The summed E-state index contributed by atoms with van der Waals surface area (Å²) in [6.07, 6.45) is 31.6. The van der Waals surface area contributed by atoms with Gasteiger partial charge in [-0.05, 0) is 30.5 Å². The quantitative estimate of drug-likeness (QED) is 0.0868. The van der Waals surface area contributed by atoms with E-state index < -0.39 is 10.1 Å². The molecule has 1 aromatic carbocycles. The minimum Gasteiger partial charge on any atom is -0.744 e. The molecule has 1 rings (SSSR count). The van der Waals surface area contributed by atoms with E-state index in [4.69, 9.17) is 0 Å². The summed E-state index contributed by atoms with van der Waals surface area (Å²) in [7, 11) is -4.33. The van der Waals surface area contributed by atoms with Gasteiger partial charge in [0.2, 0.25) is 0 Å². The van der Waals surface area contributed by atoms with Crippen LogP contribution in [0.25, 0.3) is 0 Å². The predicted octanol–water partition coefficient (Wildman–Crippen LogP) is 6.74. The molecular formula is C30H53NaO3S. The molecule has 0 bridgehead atoms. The molecule has 0 aromatic heterocycles. The third-order valence-corrected chi connectivity index (χ3v) is 7.88. The Morgan fingerprint density at radius 1 is 0.514 bits per heavy atom. The van der Waals surface area contributed by atoms with Gasteiger partial charge in [0.25, 0.3) is 0 Å². The van der Waals surface area contributed by atoms with Crippen LogP contribution in [0.4, 0.5) is 0 Å². The molecule has 198 valence electrons. The summed E-state index contributed by atoms with van der Waals surface area (Å²) in [6, 6.07) is 6.38. The standard InChI is InChI=1S/C30H54O3S.Na/c1-2-3-4-5-6-7-8-9-10-11-12-13-14-15-16-17-18-19-20-21-22-23-24-29-25-27-30(28-26-29)34(31,32)33;/h25-28H,2-24H2,1H3,(H,31,32,33);/q;+1/p-1. The molecule has 0 N–H and O–H groups in total. The molecule has 0 unspecified atom stereocenters. The van der Waals surface area contributed by atoms with Gasteiger partial charge in [-0.25, -0.2) is 8.42 Å². The van der Waals surface area contributed by atoms with Crippen LogP contribution in [0.3, 0.4) is 0 Å². The van der Waals surface area contributed by atoms with Crippen molar-refractivity contribution in [1.82, 2.24) is 0 Å². The third kappa shape index (κ3) is 21.9. The second-order valence-corrected chi connectivity index (χ2v) is 11.7. The number of rotatable bonds is 24. The Hall–Kier alpha value is 0.130. The van der Waals surface area contributed by atoms with Crippen LogP contribution in [0.15, 0.2) is 29.2 Å². The van der Waals surface area contributed by atoms with E-state index in [9.17, 15) is 13.0 Å². The molecule has 0 heterocycles. The fraction of sp³-hybridized carbons (Fsp3) is 0.800. The zero-order valence-corrected chi connectivity index (χ0v) is 26.0. The van der Waals surface area contributed by atoms with Gasteiger partial charge in [-0.15, -0.1) is 0 Å². The molecule has 0 atom stereocenters. The molecule has 3 nitrogen and oxygen atoms in total. The van der Waals surface area contributed by atoms with Gasteiger partial charge in [0, 0.05) is 0 Å². The average Bonchev–Trinajstić information content (AvgIpc) is 2.82. The summed E-state index contributed by atoms with van der Waals surface area (Å²) < 4.78 is 32.9. The molecule has 0 aliphatic rings. The summed E-state index contributed by atoms with van der Waals surface area (Å²) >= 11 is 0. The van der Waals surface area contributed by atoms with E-state index in [2.05, 4.69) is 6.92 Å². The summed E-state index contributed by atoms with van der Waals surface area (Å²) in [5, 5.41) is 0. The van der Waals surface area contributed by atoms with Gasteiger partial charge < -0.3 is 4.55 Å². The Balaban J connectivity index is 0.0000116. The third-order valence-electron chi connectivity index (χ3n) is 7.03. The van der Waals surface area contributed by atoms with Crippen molar-refractivity contribution in [3.8, 4) is 0 Å². The van der Waals surface area contributed by atoms with Crippen molar-refractivity contribution in [2.24, 2.45) is 0 Å². The molecule has 5 heteroatoms. The fourth-order valence-electron chi connectivity index (χ4n) is 4.76. The number of aryl methyl sites for hydroxylation is 1. The molecule has 0 amide bonds. The Kier molecular flexibility index (Phi) is 24.6. The first kappa shape index (κ1) is 35.1. The van der Waals surface area contributed by atoms with E-state index in [1.807, 2.05) is 0 Å². The van der Waals surface area contributed by atoms with E-state index in [1.54, 1.807) is 12.1 Å². The zero-order valence-electron chi connectivity index (χ0n) is 23.2. The van der Waals surface area contributed by atoms with Gasteiger partial charge >= 0.3 is 29.6 Å². The average molecular weight is 517 g/mol. The van der Waals surface area contributed by atoms with Gasteiger partial charge in [-0.3, -0.25) is 0 Å². The van der Waals surface area contributed by atoms with Crippen molar-refractivity contribution >= 4 is 10.1 Å². The van der Waals surface area contributed by atoms with Crippen LogP contribution in [0, 0.1) is 0 Å². The molecule has 0 saturated heterocycles. The molecule has 0 radical (unpaired) electrons. The summed E-state index contributed by atoms with van der Waals surface area (Å²) in [5.41, 5.74) is 1.11. The van der Waals surface area contributed by atoms with Gasteiger partial charge in [-0.1, -0.05) is 154 Å². The Morgan fingerprint density at radius 3 is 1.09 bits per heavy atom. The minimum atomic E-state index is -4.33. The van der Waals surface area contributed by atoms with Crippen LogP contribution in [0.1, 0.15) is 154 Å². The van der Waals surface area contributed by atoms with Gasteiger partial charge in [-0.2, -0.15) is 0 Å². The maximum absolute atomic E-state index is 11.0. The van der Waals surface area contributed by atoms with Crippen LogP contribution >= 0.6 is 0 Å². The molecule has 0 aliphatic carbocycles. The maximum atomic E-state index is 11.0. The van der Waals surface area contributed by atoms with Crippen molar-refractivity contribution in [3.05, 3.63) is 29.8 Å². The predicted molar refractivity (Wildman–Crippen MR) is 145 cm³/mol. The van der Waals surface area contributed by atoms with E-state index in [0.717, 1.165) is 18.4 Å². The van der Waals surface area contributed by atoms with Crippen LogP contribution < -0.4 is 29.6 Å². The number of hydrogen-bond donors (Lipinski definition) is 0. The second-order valence-electron chi connectivity index (χ2n) is 10.3. The summed E-state index contributed by atoms with van der Waals surface area (Å²) in [4.78, 5) is -0.134. The first-order valence-electron chi connectivity index (χ1n) is 14.6. The van der Waals surface area contributed by atoms with Gasteiger partial charge in [0.05, 0.1) is 4.90 Å². The smallest absolute Gasteiger partial charge is 0.744 e. The van der Waals surface area contributed by atoms with E-state index in [1.165, 1.54) is 147 Å². The second kappa shape index (κ2) is 24.5. The SMILES string of the molecule is CCCCCCCCCCCCCCCCCCCCCCCCc1ccc(S(=O)(=O)[O-])cc1.[Na+]. The number of benzene rings is 1. The van der Waals surface area contributed by atoms with Crippen molar-refractivity contribution in [2.75, 3.05) is 0 Å². The number of unbranched alkanes of at least 4 members (excludes halogenated alkanes) is 21. The first-order chi connectivity index (χ1) is 16.5. The molecule has 1 aromatic rings. The molecule has 0 saturated carbocycles. The van der Waals surface area contributed by atoms with Crippen molar-refractivity contribution in [2.45, 2.75) is 159 Å². The normalized spacial score (nSPS) is 11.5. The molecular weight excluding hydrogens is 463 g/mol. The van der Waals surface area contributed by atoms with E-state index >= 15 is 0 Å². The molecule has 0 aliphatic heterocycles. The first-order valence-corrected chi connectivity index (χ1v) is 16.0. The topological polar surface area (TPSA) is 57.2 Å². The minimum absolute atomic E-state index is 0. The van der Waals surface area contributed by atoms with Crippen molar-refractivity contribution in [1.29, 1.82) is 0 Å². The Bertz CT molecular complexity index is 673. The Labute approximate surface area is 240 Å². The zero-order chi connectivity index (χ0) is 24.7. The molecule has 0 fully saturated rings. The largest absolute Gasteiger partial charge is 1.00 e. The summed E-state index contributed by atoms with van der Waals surface area (Å²) in [6.45, 7) is 2.29. The van der Waals surface area contributed by atoms with E-state index in [-0.39, 0.29) is 34.5 Å². The van der Waals surface area contributed by atoms with Crippen LogP contribution in [0.2, 0.25) is 0 Å².